The molecule has 0 bridgehead atoms. The first kappa shape index (κ1) is 5.47. The Balaban J connectivity index is 2.59. The summed E-state index contributed by atoms with van der Waals surface area (Å²) in [5.74, 6) is 0. The second kappa shape index (κ2) is 2.07. The van der Waals surface area contributed by atoms with Gasteiger partial charge in [0.2, 0.25) is 0 Å². The van der Waals surface area contributed by atoms with Crippen LogP contribution in [0.15, 0.2) is 17.3 Å². The Bertz CT molecular complexity index is 112. The van der Waals surface area contributed by atoms with Crippen molar-refractivity contribution in [2.45, 2.75) is 12.1 Å². The van der Waals surface area contributed by atoms with E-state index >= 15 is 0 Å². The lowest BCUT2D eigenvalue weighted by molar-refractivity contribution is 0.736. The summed E-state index contributed by atoms with van der Waals surface area (Å²) in [5.41, 5.74) is 10.9. The molecule has 0 spiro atoms. The minimum Gasteiger partial charge on any atom is -0.323 e. The van der Waals surface area contributed by atoms with Gasteiger partial charge in [0, 0.05) is 18.5 Å². The molecule has 0 aromatic rings. The second-order valence-electron chi connectivity index (χ2n) is 1.79. The van der Waals surface area contributed by atoms with E-state index in [-0.39, 0.29) is 12.1 Å². The van der Waals surface area contributed by atoms with E-state index in [1.54, 1.807) is 18.5 Å². The highest BCUT2D eigenvalue weighted by Crippen LogP contribution is 1.92. The van der Waals surface area contributed by atoms with Crippen molar-refractivity contribution in [2.24, 2.45) is 16.5 Å². The Kier molecular flexibility index (Phi) is 1.41. The summed E-state index contributed by atoms with van der Waals surface area (Å²) < 4.78 is 0. The molecule has 2 atom stereocenters. The molecule has 0 fully saturated rings. The van der Waals surface area contributed by atoms with Gasteiger partial charge in [-0.2, -0.15) is 0 Å². The Labute approximate surface area is 48.1 Å². The van der Waals surface area contributed by atoms with E-state index in [1.165, 1.54) is 0 Å². The number of nitrogens with zero attached hydrogens (tertiary/aromatic N) is 1. The van der Waals surface area contributed by atoms with Crippen LogP contribution >= 0.6 is 0 Å². The van der Waals surface area contributed by atoms with Gasteiger partial charge in [-0.3, -0.25) is 4.99 Å². The molecule has 1 aliphatic heterocycles. The standard InChI is InChI=1S/C5H9N3/c6-4-1-2-8-3-5(4)7/h1-5H,6-7H2. The maximum Gasteiger partial charge on any atom is 0.0590 e. The third-order valence-corrected chi connectivity index (χ3v) is 1.10. The lowest BCUT2D eigenvalue weighted by atomic mass is 10.1. The molecular formula is C5H9N3. The van der Waals surface area contributed by atoms with Crippen LogP contribution in [0.5, 0.6) is 0 Å². The van der Waals surface area contributed by atoms with Crippen LogP contribution in [0, 0.1) is 0 Å². The summed E-state index contributed by atoms with van der Waals surface area (Å²) in [6.07, 6.45) is 5.09. The predicted octanol–water partition coefficient (Wildman–Crippen LogP) is -0.761. The molecular weight excluding hydrogens is 102 g/mol. The average molecular weight is 111 g/mol. The Morgan fingerprint density at radius 3 is 2.38 bits per heavy atom. The molecule has 4 N–H and O–H groups in total. The van der Waals surface area contributed by atoms with Gasteiger partial charge in [0.25, 0.3) is 0 Å². The molecule has 44 valence electrons. The van der Waals surface area contributed by atoms with Gasteiger partial charge < -0.3 is 11.5 Å². The zero-order valence-electron chi connectivity index (χ0n) is 4.49. The summed E-state index contributed by atoms with van der Waals surface area (Å²) in [6, 6.07) is -0.146. The summed E-state index contributed by atoms with van der Waals surface area (Å²) >= 11 is 0. The van der Waals surface area contributed by atoms with Crippen LogP contribution in [-0.2, 0) is 0 Å². The smallest absolute Gasteiger partial charge is 0.0590 e. The van der Waals surface area contributed by atoms with Crippen molar-refractivity contribution in [1.29, 1.82) is 0 Å². The molecule has 0 amide bonds. The van der Waals surface area contributed by atoms with E-state index in [0.717, 1.165) is 0 Å². The van der Waals surface area contributed by atoms with Crippen molar-refractivity contribution in [2.75, 3.05) is 0 Å². The van der Waals surface area contributed by atoms with Crippen LogP contribution in [0.1, 0.15) is 0 Å². The molecule has 0 aromatic heterocycles. The molecule has 2 unspecified atom stereocenters. The minimum absolute atomic E-state index is 0.0486. The monoisotopic (exact) mass is 111 g/mol. The summed E-state index contributed by atoms with van der Waals surface area (Å²) in [4.78, 5) is 3.80. The van der Waals surface area contributed by atoms with E-state index in [2.05, 4.69) is 4.99 Å². The third kappa shape index (κ3) is 0.936. The van der Waals surface area contributed by atoms with Crippen molar-refractivity contribution in [3.63, 3.8) is 0 Å². The first-order valence-electron chi connectivity index (χ1n) is 2.52. The van der Waals surface area contributed by atoms with Crippen molar-refractivity contribution in [3.05, 3.63) is 12.3 Å². The fourth-order valence-corrected chi connectivity index (χ4v) is 0.526. The Hall–Kier alpha value is -0.670. The second-order valence-corrected chi connectivity index (χ2v) is 1.79. The van der Waals surface area contributed by atoms with Crippen molar-refractivity contribution >= 4 is 6.21 Å². The van der Waals surface area contributed by atoms with Gasteiger partial charge in [-0.15, -0.1) is 0 Å². The van der Waals surface area contributed by atoms with Gasteiger partial charge in [-0.05, 0) is 6.08 Å². The summed E-state index contributed by atoms with van der Waals surface area (Å²) in [6.45, 7) is 0. The highest BCUT2D eigenvalue weighted by atomic mass is 14.8. The highest BCUT2D eigenvalue weighted by molar-refractivity contribution is 5.67. The lowest BCUT2D eigenvalue weighted by Crippen LogP contribution is -2.42. The van der Waals surface area contributed by atoms with E-state index in [4.69, 9.17) is 11.5 Å². The molecule has 1 aliphatic rings. The number of nitrogens with two attached hydrogens (primary N) is 2. The Morgan fingerprint density at radius 1 is 1.25 bits per heavy atom. The number of hydrogen-bond acceptors (Lipinski definition) is 3. The van der Waals surface area contributed by atoms with Gasteiger partial charge in [-0.25, -0.2) is 0 Å². The van der Waals surface area contributed by atoms with Crippen LogP contribution in [0.2, 0.25) is 0 Å². The molecule has 1 heterocycles. The van der Waals surface area contributed by atoms with Crippen LogP contribution in [0.25, 0.3) is 0 Å². The molecule has 0 aromatic carbocycles. The number of aliphatic imine (C=N–C) groups is 1. The zero-order valence-corrected chi connectivity index (χ0v) is 4.49. The molecule has 0 radical (unpaired) electrons. The van der Waals surface area contributed by atoms with Crippen LogP contribution in [0.4, 0.5) is 0 Å². The topological polar surface area (TPSA) is 64.4 Å². The molecule has 8 heavy (non-hydrogen) atoms. The van der Waals surface area contributed by atoms with E-state index in [0.29, 0.717) is 0 Å². The van der Waals surface area contributed by atoms with Gasteiger partial charge in [0.05, 0.1) is 6.04 Å². The third-order valence-electron chi connectivity index (χ3n) is 1.10. The van der Waals surface area contributed by atoms with Gasteiger partial charge in [0.15, 0.2) is 0 Å². The van der Waals surface area contributed by atoms with Gasteiger partial charge in [0.1, 0.15) is 0 Å². The molecule has 0 saturated carbocycles. The zero-order chi connectivity index (χ0) is 5.98. The van der Waals surface area contributed by atoms with E-state index in [1.807, 2.05) is 0 Å². The van der Waals surface area contributed by atoms with Gasteiger partial charge in [-0.1, -0.05) is 0 Å². The van der Waals surface area contributed by atoms with Crippen LogP contribution in [-0.4, -0.2) is 18.3 Å². The maximum absolute atomic E-state index is 5.48. The summed E-state index contributed by atoms with van der Waals surface area (Å²) in [7, 11) is 0. The first-order valence-corrected chi connectivity index (χ1v) is 2.52. The largest absolute Gasteiger partial charge is 0.323 e. The quantitative estimate of drug-likeness (QED) is 0.431. The molecule has 0 saturated heterocycles. The SMILES string of the molecule is NC1C=CN=CC1N. The van der Waals surface area contributed by atoms with Crippen LogP contribution < -0.4 is 11.5 Å². The highest BCUT2D eigenvalue weighted by Gasteiger charge is 2.07. The molecule has 1 rings (SSSR count). The lowest BCUT2D eigenvalue weighted by Gasteiger charge is -2.12. The van der Waals surface area contributed by atoms with E-state index < -0.39 is 0 Å². The van der Waals surface area contributed by atoms with E-state index in [9.17, 15) is 0 Å². The molecule has 3 nitrogen and oxygen atoms in total. The number of hydrogen-bond donors (Lipinski definition) is 2. The Morgan fingerprint density at radius 2 is 2.00 bits per heavy atom. The van der Waals surface area contributed by atoms with Crippen molar-refractivity contribution < 1.29 is 0 Å². The molecule has 0 aliphatic carbocycles. The van der Waals surface area contributed by atoms with Gasteiger partial charge >= 0.3 is 0 Å². The fourth-order valence-electron chi connectivity index (χ4n) is 0.526. The predicted molar refractivity (Wildman–Crippen MR) is 33.6 cm³/mol. The normalized spacial score (nSPS) is 35.8. The average Bonchev–Trinajstić information content (AvgIpc) is 1.77. The maximum atomic E-state index is 5.48. The minimum atomic E-state index is -0.0972. The summed E-state index contributed by atoms with van der Waals surface area (Å²) in [5, 5.41) is 0. The van der Waals surface area contributed by atoms with Crippen molar-refractivity contribution in [1.82, 2.24) is 0 Å². The van der Waals surface area contributed by atoms with Crippen molar-refractivity contribution in [3.8, 4) is 0 Å². The first-order chi connectivity index (χ1) is 3.80. The van der Waals surface area contributed by atoms with Crippen LogP contribution in [0.3, 0.4) is 0 Å². The molecule has 3 heteroatoms. The number of rotatable bonds is 0. The fraction of sp³-hybridized carbons (Fsp3) is 0.400.